The summed E-state index contributed by atoms with van der Waals surface area (Å²) < 4.78 is 0. The average Bonchev–Trinajstić information content (AvgIpc) is 2.77. The number of thiazole rings is 1. The van der Waals surface area contributed by atoms with E-state index in [0.29, 0.717) is 12.5 Å². The van der Waals surface area contributed by atoms with Gasteiger partial charge in [0.25, 0.3) is 0 Å². The number of hydrogen-bond acceptors (Lipinski definition) is 4. The van der Waals surface area contributed by atoms with Crippen LogP contribution in [0.15, 0.2) is 0 Å². The molecule has 0 saturated carbocycles. The van der Waals surface area contributed by atoms with E-state index in [9.17, 15) is 4.79 Å². The van der Waals surface area contributed by atoms with Crippen LogP contribution in [0.1, 0.15) is 43.7 Å². The van der Waals surface area contributed by atoms with Gasteiger partial charge in [0, 0.05) is 11.4 Å². The molecule has 0 aliphatic heterocycles. The molecule has 0 spiro atoms. The minimum absolute atomic E-state index is 0.0160. The molecule has 0 fully saturated rings. The zero-order chi connectivity index (χ0) is 13.8. The number of rotatable bonds is 5. The molecule has 19 heavy (non-hydrogen) atoms. The van der Waals surface area contributed by atoms with Gasteiger partial charge < -0.3 is 11.1 Å². The van der Waals surface area contributed by atoms with Crippen molar-refractivity contribution in [3.63, 3.8) is 0 Å². The van der Waals surface area contributed by atoms with E-state index in [0.717, 1.165) is 24.4 Å². The zero-order valence-corrected chi connectivity index (χ0v) is 12.6. The Kier molecular flexibility index (Phi) is 4.93. The molecule has 0 saturated heterocycles. The summed E-state index contributed by atoms with van der Waals surface area (Å²) in [6, 6.07) is 0. The molecular formula is C14H23N3OS. The molecule has 1 aliphatic rings. The highest BCUT2D eigenvalue weighted by Gasteiger charge is 2.21. The maximum atomic E-state index is 12.2. The Labute approximate surface area is 118 Å². The lowest BCUT2D eigenvalue weighted by molar-refractivity contribution is -0.120. The van der Waals surface area contributed by atoms with Gasteiger partial charge in [-0.3, -0.25) is 4.79 Å². The van der Waals surface area contributed by atoms with Gasteiger partial charge in [-0.2, -0.15) is 0 Å². The number of nitrogens with zero attached hydrogens (tertiary/aromatic N) is 1. The van der Waals surface area contributed by atoms with Crippen LogP contribution in [-0.4, -0.2) is 17.4 Å². The summed E-state index contributed by atoms with van der Waals surface area (Å²) in [5.74, 6) is 0.382. The zero-order valence-electron chi connectivity index (χ0n) is 11.7. The number of nitrogens with one attached hydrogen (secondary N) is 1. The molecule has 5 heteroatoms. The third-order valence-electron chi connectivity index (χ3n) is 3.49. The molecule has 1 unspecified atom stereocenters. The normalized spacial score (nSPS) is 16.2. The maximum absolute atomic E-state index is 12.2. The molecule has 3 N–H and O–H groups in total. The van der Waals surface area contributed by atoms with Crippen molar-refractivity contribution in [2.45, 2.75) is 46.0 Å². The number of aryl methyl sites for hydroxylation is 2. The van der Waals surface area contributed by atoms with Crippen molar-refractivity contribution >= 4 is 22.4 Å². The number of fused-ring (bicyclic) bond motifs is 1. The van der Waals surface area contributed by atoms with Gasteiger partial charge in [0.1, 0.15) is 0 Å². The molecule has 2 rings (SSSR count). The fraction of sp³-hybridized carbons (Fsp3) is 0.714. The molecule has 1 amide bonds. The number of amides is 1. The van der Waals surface area contributed by atoms with Gasteiger partial charge >= 0.3 is 0 Å². The van der Waals surface area contributed by atoms with Crippen LogP contribution in [0, 0.1) is 11.8 Å². The third-order valence-corrected chi connectivity index (χ3v) is 4.56. The first kappa shape index (κ1) is 14.5. The minimum atomic E-state index is -0.110. The molecule has 1 aromatic rings. The Bertz CT molecular complexity index is 418. The van der Waals surface area contributed by atoms with Gasteiger partial charge in [-0.1, -0.05) is 13.8 Å². The largest absolute Gasteiger partial charge is 0.330 e. The Hall–Kier alpha value is -0.940. The maximum Gasteiger partial charge on any atom is 0.230 e. The number of hydrogen-bond donors (Lipinski definition) is 2. The summed E-state index contributed by atoms with van der Waals surface area (Å²) in [4.78, 5) is 18.0. The van der Waals surface area contributed by atoms with Crippen molar-refractivity contribution in [1.29, 1.82) is 0 Å². The van der Waals surface area contributed by atoms with E-state index in [4.69, 9.17) is 5.73 Å². The first-order valence-electron chi connectivity index (χ1n) is 7.09. The molecule has 1 aromatic heterocycles. The van der Waals surface area contributed by atoms with Crippen LogP contribution in [0.25, 0.3) is 0 Å². The van der Waals surface area contributed by atoms with Crippen molar-refractivity contribution in [3.05, 3.63) is 10.6 Å². The van der Waals surface area contributed by atoms with Gasteiger partial charge in [0.05, 0.1) is 11.6 Å². The van der Waals surface area contributed by atoms with Crippen molar-refractivity contribution in [2.24, 2.45) is 17.6 Å². The van der Waals surface area contributed by atoms with Gasteiger partial charge in [-0.15, -0.1) is 11.3 Å². The lowest BCUT2D eigenvalue weighted by Crippen LogP contribution is -2.30. The first-order chi connectivity index (χ1) is 9.10. The van der Waals surface area contributed by atoms with Crippen LogP contribution in [0.2, 0.25) is 0 Å². The van der Waals surface area contributed by atoms with Crippen LogP contribution in [0.4, 0.5) is 5.13 Å². The van der Waals surface area contributed by atoms with Gasteiger partial charge in [0.15, 0.2) is 5.13 Å². The lowest BCUT2D eigenvalue weighted by Gasteiger charge is -2.15. The fourth-order valence-electron chi connectivity index (χ4n) is 2.49. The van der Waals surface area contributed by atoms with Crippen LogP contribution < -0.4 is 11.1 Å². The standard InChI is InChI=1S/C14H23N3OS/c1-9(2)7-10(8-15)13(18)17-14-16-11-5-3-4-6-12(11)19-14/h9-10H,3-8,15H2,1-2H3,(H,16,17,18). The average molecular weight is 281 g/mol. The van der Waals surface area contributed by atoms with E-state index in [1.807, 2.05) is 0 Å². The highest BCUT2D eigenvalue weighted by Crippen LogP contribution is 2.29. The van der Waals surface area contributed by atoms with Crippen molar-refractivity contribution in [1.82, 2.24) is 4.98 Å². The van der Waals surface area contributed by atoms with E-state index in [2.05, 4.69) is 24.1 Å². The Morgan fingerprint density at radius 1 is 1.42 bits per heavy atom. The van der Waals surface area contributed by atoms with E-state index < -0.39 is 0 Å². The fourth-order valence-corrected chi connectivity index (χ4v) is 3.55. The second-order valence-corrected chi connectivity index (χ2v) is 6.73. The monoisotopic (exact) mass is 281 g/mol. The molecule has 0 bridgehead atoms. The van der Waals surface area contributed by atoms with Crippen LogP contribution >= 0.6 is 11.3 Å². The van der Waals surface area contributed by atoms with E-state index in [1.54, 1.807) is 11.3 Å². The highest BCUT2D eigenvalue weighted by atomic mass is 32.1. The number of aromatic nitrogens is 1. The topological polar surface area (TPSA) is 68.0 Å². The molecule has 1 heterocycles. The number of anilines is 1. The Balaban J connectivity index is 1.99. The van der Waals surface area contributed by atoms with Crippen LogP contribution in [-0.2, 0) is 17.6 Å². The van der Waals surface area contributed by atoms with Gasteiger partial charge in [0.2, 0.25) is 5.91 Å². The third kappa shape index (κ3) is 3.76. The molecule has 1 aliphatic carbocycles. The molecule has 1 atom stereocenters. The summed E-state index contributed by atoms with van der Waals surface area (Å²) in [5, 5.41) is 3.69. The first-order valence-corrected chi connectivity index (χ1v) is 7.91. The van der Waals surface area contributed by atoms with Gasteiger partial charge in [-0.25, -0.2) is 4.98 Å². The SMILES string of the molecule is CC(C)CC(CN)C(=O)Nc1nc2c(s1)CCCC2. The predicted octanol–water partition coefficient (Wildman–Crippen LogP) is 2.58. The van der Waals surface area contributed by atoms with Crippen molar-refractivity contribution < 1.29 is 4.79 Å². The smallest absolute Gasteiger partial charge is 0.230 e. The van der Waals surface area contributed by atoms with E-state index in [-0.39, 0.29) is 11.8 Å². The molecule has 4 nitrogen and oxygen atoms in total. The number of carbonyl (C=O) groups is 1. The second-order valence-electron chi connectivity index (χ2n) is 5.65. The molecule has 106 valence electrons. The van der Waals surface area contributed by atoms with Crippen LogP contribution in [0.5, 0.6) is 0 Å². The lowest BCUT2D eigenvalue weighted by atomic mass is 9.96. The summed E-state index contributed by atoms with van der Waals surface area (Å²) in [6.07, 6.45) is 5.43. The molecule has 0 radical (unpaired) electrons. The van der Waals surface area contributed by atoms with Crippen molar-refractivity contribution in [2.75, 3.05) is 11.9 Å². The molecular weight excluding hydrogens is 258 g/mol. The quantitative estimate of drug-likeness (QED) is 0.871. The Morgan fingerprint density at radius 2 is 2.16 bits per heavy atom. The van der Waals surface area contributed by atoms with Crippen LogP contribution in [0.3, 0.4) is 0 Å². The molecule has 0 aromatic carbocycles. The summed E-state index contributed by atoms with van der Waals surface area (Å²) in [7, 11) is 0. The van der Waals surface area contributed by atoms with Crippen molar-refractivity contribution in [3.8, 4) is 0 Å². The van der Waals surface area contributed by atoms with E-state index in [1.165, 1.54) is 23.4 Å². The number of carbonyl (C=O) groups excluding carboxylic acids is 1. The summed E-state index contributed by atoms with van der Waals surface area (Å²) in [6.45, 7) is 4.62. The van der Waals surface area contributed by atoms with E-state index >= 15 is 0 Å². The highest BCUT2D eigenvalue weighted by molar-refractivity contribution is 7.15. The predicted molar refractivity (Wildman–Crippen MR) is 79.4 cm³/mol. The number of nitrogens with two attached hydrogens (primary N) is 1. The van der Waals surface area contributed by atoms with Gasteiger partial charge in [-0.05, 0) is 38.0 Å². The summed E-state index contributed by atoms with van der Waals surface area (Å²) in [5.41, 5.74) is 6.88. The Morgan fingerprint density at radius 3 is 2.79 bits per heavy atom. The summed E-state index contributed by atoms with van der Waals surface area (Å²) >= 11 is 1.63. The second kappa shape index (κ2) is 6.48. The minimum Gasteiger partial charge on any atom is -0.330 e.